The summed E-state index contributed by atoms with van der Waals surface area (Å²) in [6.45, 7) is 6.43. The van der Waals surface area contributed by atoms with Crippen LogP contribution in [0, 0.1) is 5.92 Å². The van der Waals surface area contributed by atoms with Gasteiger partial charge in [0.2, 0.25) is 0 Å². The Labute approximate surface area is 197 Å². The third kappa shape index (κ3) is 4.88. The number of hydrogen-bond acceptors (Lipinski definition) is 6. The number of benzene rings is 1. The molecule has 33 heavy (non-hydrogen) atoms. The minimum Gasteiger partial charge on any atom is -0.489 e. The van der Waals surface area contributed by atoms with Crippen LogP contribution in [-0.4, -0.2) is 62.6 Å². The predicted molar refractivity (Wildman–Crippen MR) is 133 cm³/mol. The molecule has 3 atom stereocenters. The molecule has 2 unspecified atom stereocenters. The molecular weight excluding hydrogens is 416 g/mol. The van der Waals surface area contributed by atoms with Crippen molar-refractivity contribution in [3.8, 4) is 5.75 Å². The Hall–Kier alpha value is -2.54. The average Bonchev–Trinajstić information content (AvgIpc) is 2.77. The molecule has 1 aromatic rings. The molecule has 1 amide bonds. The Morgan fingerprint density at radius 3 is 2.64 bits per heavy atom. The van der Waals surface area contributed by atoms with Crippen molar-refractivity contribution in [3.63, 3.8) is 0 Å². The Bertz CT molecular complexity index is 924. The van der Waals surface area contributed by atoms with Gasteiger partial charge >= 0.3 is 6.09 Å². The van der Waals surface area contributed by atoms with Gasteiger partial charge in [0.1, 0.15) is 5.75 Å². The zero-order chi connectivity index (χ0) is 23.5. The van der Waals surface area contributed by atoms with Gasteiger partial charge in [-0.3, -0.25) is 9.89 Å². The highest BCUT2D eigenvalue weighted by Gasteiger charge is 2.33. The number of rotatable bonds is 5. The lowest BCUT2D eigenvalue weighted by Gasteiger charge is -2.37. The maximum Gasteiger partial charge on any atom is 0.414 e. The number of fused-ring (bicyclic) bond motifs is 1. The minimum atomic E-state index is -0.335. The van der Waals surface area contributed by atoms with E-state index >= 15 is 0 Å². The Kier molecular flexibility index (Phi) is 7.27. The van der Waals surface area contributed by atoms with E-state index in [1.807, 2.05) is 18.3 Å². The van der Waals surface area contributed by atoms with E-state index in [2.05, 4.69) is 25.8 Å². The van der Waals surface area contributed by atoms with Gasteiger partial charge in [-0.05, 0) is 77.1 Å². The van der Waals surface area contributed by atoms with Gasteiger partial charge in [-0.2, -0.15) is 0 Å². The largest absolute Gasteiger partial charge is 0.489 e. The van der Waals surface area contributed by atoms with Crippen LogP contribution in [0.2, 0.25) is 0 Å². The van der Waals surface area contributed by atoms with Gasteiger partial charge in [0.15, 0.2) is 0 Å². The van der Waals surface area contributed by atoms with Crippen molar-refractivity contribution in [2.24, 2.45) is 16.6 Å². The number of hydrogen-bond donors (Lipinski definition) is 1. The second kappa shape index (κ2) is 10.2. The van der Waals surface area contributed by atoms with Gasteiger partial charge in [0.25, 0.3) is 0 Å². The summed E-state index contributed by atoms with van der Waals surface area (Å²) < 4.78 is 11.6. The molecule has 0 radical (unpaired) electrons. The molecule has 7 nitrogen and oxygen atoms in total. The van der Waals surface area contributed by atoms with Crippen LogP contribution in [-0.2, 0) is 11.2 Å². The van der Waals surface area contributed by atoms with E-state index in [0.29, 0.717) is 12.0 Å². The second-order valence-electron chi connectivity index (χ2n) is 9.83. The highest BCUT2D eigenvalue weighted by atomic mass is 16.5. The number of allylic oxidation sites excluding steroid dienone is 1. The van der Waals surface area contributed by atoms with Crippen molar-refractivity contribution in [2.75, 3.05) is 32.1 Å². The summed E-state index contributed by atoms with van der Waals surface area (Å²) in [5.74, 6) is 1.35. The van der Waals surface area contributed by atoms with Crippen molar-refractivity contribution >= 4 is 23.6 Å². The van der Waals surface area contributed by atoms with Crippen LogP contribution >= 0.6 is 0 Å². The SMILES string of the molecule is COC(=O)N1c2ccc(C(C=NC3CCN(C)CC3C)=CN)c(OC3CCC3)c2CC[C@@H]1C. The van der Waals surface area contributed by atoms with E-state index in [1.165, 1.54) is 13.5 Å². The van der Waals surface area contributed by atoms with Gasteiger partial charge in [-0.15, -0.1) is 0 Å². The molecule has 1 saturated heterocycles. The average molecular weight is 455 g/mol. The van der Waals surface area contributed by atoms with Gasteiger partial charge in [0.05, 0.1) is 24.9 Å². The van der Waals surface area contributed by atoms with E-state index in [0.717, 1.165) is 73.3 Å². The second-order valence-corrected chi connectivity index (χ2v) is 9.83. The number of ether oxygens (including phenoxy) is 2. The van der Waals surface area contributed by atoms with Crippen LogP contribution in [0.4, 0.5) is 10.5 Å². The van der Waals surface area contributed by atoms with Gasteiger partial charge in [-0.1, -0.05) is 6.92 Å². The number of amides is 1. The number of carbonyl (C=O) groups is 1. The first-order chi connectivity index (χ1) is 15.9. The highest BCUT2D eigenvalue weighted by molar-refractivity contribution is 6.11. The fourth-order valence-corrected chi connectivity index (χ4v) is 5.14. The van der Waals surface area contributed by atoms with Crippen molar-refractivity contribution in [1.29, 1.82) is 0 Å². The molecule has 0 aromatic heterocycles. The van der Waals surface area contributed by atoms with Gasteiger partial charge in [-0.25, -0.2) is 4.79 Å². The van der Waals surface area contributed by atoms with Crippen LogP contribution in [0.15, 0.2) is 23.3 Å². The van der Waals surface area contributed by atoms with E-state index in [9.17, 15) is 4.79 Å². The Balaban J connectivity index is 1.69. The molecule has 2 heterocycles. The van der Waals surface area contributed by atoms with Crippen molar-refractivity contribution in [2.45, 2.75) is 70.6 Å². The highest BCUT2D eigenvalue weighted by Crippen LogP contribution is 2.43. The van der Waals surface area contributed by atoms with Crippen LogP contribution in [0.25, 0.3) is 5.57 Å². The molecule has 1 aromatic carbocycles. The number of aliphatic imine (C=N–C) groups is 1. The predicted octanol–water partition coefficient (Wildman–Crippen LogP) is 4.24. The molecule has 7 heteroatoms. The van der Waals surface area contributed by atoms with Crippen LogP contribution in [0.1, 0.15) is 57.1 Å². The van der Waals surface area contributed by atoms with Gasteiger partial charge in [0, 0.05) is 41.7 Å². The number of anilines is 1. The molecule has 1 saturated carbocycles. The monoisotopic (exact) mass is 454 g/mol. The summed E-state index contributed by atoms with van der Waals surface area (Å²) in [5.41, 5.74) is 9.86. The Morgan fingerprint density at radius 2 is 2.00 bits per heavy atom. The van der Waals surface area contributed by atoms with Crippen molar-refractivity contribution < 1.29 is 14.3 Å². The standard InChI is InChI=1S/C26H38N4O3/c1-17-16-29(3)13-12-23(17)28-15-19(14-27)21-10-11-24-22(25(21)33-20-6-5-7-20)9-8-18(2)30(24)26(31)32-4/h10-11,14-15,17-18,20,23H,5-9,12-13,16,27H2,1-4H3/t17?,18-,23?/m0/s1. The summed E-state index contributed by atoms with van der Waals surface area (Å²) in [4.78, 5) is 21.6. The topological polar surface area (TPSA) is 80.4 Å². The first-order valence-corrected chi connectivity index (χ1v) is 12.3. The molecule has 4 rings (SSSR count). The molecule has 2 fully saturated rings. The lowest BCUT2D eigenvalue weighted by Crippen LogP contribution is -2.42. The van der Waals surface area contributed by atoms with E-state index in [4.69, 9.17) is 20.2 Å². The number of piperidine rings is 1. The number of methoxy groups -OCH3 is 1. The van der Waals surface area contributed by atoms with Gasteiger partial charge < -0.3 is 20.1 Å². The number of nitrogens with two attached hydrogens (primary N) is 1. The molecule has 1 aliphatic carbocycles. The molecule has 0 bridgehead atoms. The smallest absolute Gasteiger partial charge is 0.414 e. The van der Waals surface area contributed by atoms with E-state index < -0.39 is 0 Å². The van der Waals surface area contributed by atoms with E-state index in [1.54, 1.807) is 11.1 Å². The molecule has 3 aliphatic rings. The zero-order valence-electron chi connectivity index (χ0n) is 20.4. The number of carbonyl (C=O) groups excluding carboxylic acids is 1. The maximum atomic E-state index is 12.6. The molecule has 2 aliphatic heterocycles. The molecular formula is C26H38N4O3. The zero-order valence-corrected chi connectivity index (χ0v) is 20.4. The quantitative estimate of drug-likeness (QED) is 0.673. The van der Waals surface area contributed by atoms with E-state index in [-0.39, 0.29) is 18.2 Å². The van der Waals surface area contributed by atoms with Crippen LogP contribution in [0.5, 0.6) is 5.75 Å². The van der Waals surface area contributed by atoms with Crippen molar-refractivity contribution in [1.82, 2.24) is 4.90 Å². The Morgan fingerprint density at radius 1 is 1.21 bits per heavy atom. The normalized spacial score (nSPS) is 26.7. The summed E-state index contributed by atoms with van der Waals surface area (Å²) in [6, 6.07) is 4.38. The third-order valence-corrected chi connectivity index (χ3v) is 7.41. The van der Waals surface area contributed by atoms with Crippen molar-refractivity contribution in [3.05, 3.63) is 29.5 Å². The fourth-order valence-electron chi connectivity index (χ4n) is 5.14. The maximum absolute atomic E-state index is 12.6. The minimum absolute atomic E-state index is 0.0735. The lowest BCUT2D eigenvalue weighted by atomic mass is 9.91. The fraction of sp³-hybridized carbons (Fsp3) is 0.615. The summed E-state index contributed by atoms with van der Waals surface area (Å²) in [7, 11) is 3.59. The summed E-state index contributed by atoms with van der Waals surface area (Å²) in [6.07, 6.45) is 9.49. The van der Waals surface area contributed by atoms with Crippen LogP contribution < -0.4 is 15.4 Å². The van der Waals surface area contributed by atoms with Crippen LogP contribution in [0.3, 0.4) is 0 Å². The first kappa shape index (κ1) is 23.6. The summed E-state index contributed by atoms with van der Waals surface area (Å²) >= 11 is 0. The molecule has 180 valence electrons. The first-order valence-electron chi connectivity index (χ1n) is 12.3. The number of likely N-dealkylation sites (tertiary alicyclic amines) is 1. The molecule has 2 N–H and O–H groups in total. The summed E-state index contributed by atoms with van der Waals surface area (Å²) in [5, 5.41) is 0. The lowest BCUT2D eigenvalue weighted by molar-refractivity contribution is 0.118. The third-order valence-electron chi connectivity index (χ3n) is 7.41. The number of nitrogens with zero attached hydrogens (tertiary/aromatic N) is 3. The molecule has 0 spiro atoms.